The van der Waals surface area contributed by atoms with Crippen LogP contribution in [-0.2, 0) is 0 Å². The molecule has 0 heterocycles. The lowest BCUT2D eigenvalue weighted by atomic mass is 9.88. The molecule has 2 aliphatic rings. The molecular formula is C20H27F2NO. The Bertz CT molecular complexity index is 572. The molecule has 0 radical (unpaired) electrons. The number of carbonyl (C=O) groups excluding carboxylic acids is 1. The summed E-state index contributed by atoms with van der Waals surface area (Å²) in [5, 5.41) is 0. The molecule has 0 atom stereocenters. The van der Waals surface area contributed by atoms with Crippen molar-refractivity contribution in [3.8, 4) is 0 Å². The molecule has 1 amide bonds. The van der Waals surface area contributed by atoms with Gasteiger partial charge in [0.25, 0.3) is 5.91 Å². The smallest absolute Gasteiger partial charge is 0.257 e. The fourth-order valence-corrected chi connectivity index (χ4v) is 4.30. The zero-order valence-corrected chi connectivity index (χ0v) is 14.5. The number of aryl methyl sites for hydroxylation is 1. The van der Waals surface area contributed by atoms with Crippen LogP contribution in [0.1, 0.15) is 80.1 Å². The quantitative estimate of drug-likeness (QED) is 0.726. The van der Waals surface area contributed by atoms with E-state index in [4.69, 9.17) is 0 Å². The van der Waals surface area contributed by atoms with Gasteiger partial charge >= 0.3 is 0 Å². The normalized spacial score (nSPS) is 20.1. The number of halogens is 2. The molecule has 0 unspecified atom stereocenters. The van der Waals surface area contributed by atoms with Crippen LogP contribution in [0.2, 0.25) is 0 Å². The van der Waals surface area contributed by atoms with Crippen molar-refractivity contribution in [1.29, 1.82) is 0 Å². The van der Waals surface area contributed by atoms with Crippen molar-refractivity contribution in [2.45, 2.75) is 83.2 Å². The average molecular weight is 335 g/mol. The van der Waals surface area contributed by atoms with Gasteiger partial charge in [-0.2, -0.15) is 0 Å². The van der Waals surface area contributed by atoms with Gasteiger partial charge in [0.05, 0.1) is 5.56 Å². The topological polar surface area (TPSA) is 20.3 Å². The Labute approximate surface area is 143 Å². The standard InChI is InChI=1S/C20H27F2NO/c1-14-12-13-17(19(22)18(14)21)20(24)23(15-8-4-2-5-9-15)16-10-6-3-7-11-16/h12-13,15-16H,2-11H2,1H3. The lowest BCUT2D eigenvalue weighted by Gasteiger charge is -2.42. The predicted octanol–water partition coefficient (Wildman–Crippen LogP) is 5.38. The minimum atomic E-state index is -0.989. The summed E-state index contributed by atoms with van der Waals surface area (Å²) in [6.07, 6.45) is 10.8. The van der Waals surface area contributed by atoms with E-state index in [-0.39, 0.29) is 29.1 Å². The zero-order valence-electron chi connectivity index (χ0n) is 14.5. The van der Waals surface area contributed by atoms with Gasteiger partial charge in [-0.15, -0.1) is 0 Å². The number of nitrogens with zero attached hydrogens (tertiary/aromatic N) is 1. The minimum absolute atomic E-state index is 0.103. The summed E-state index contributed by atoms with van der Waals surface area (Å²) in [5.74, 6) is -2.20. The molecule has 0 aliphatic heterocycles. The highest BCUT2D eigenvalue weighted by Gasteiger charge is 2.34. The van der Waals surface area contributed by atoms with Crippen LogP contribution < -0.4 is 0 Å². The number of amides is 1. The van der Waals surface area contributed by atoms with Gasteiger partial charge < -0.3 is 4.90 Å². The van der Waals surface area contributed by atoms with Gasteiger partial charge in [-0.3, -0.25) is 4.79 Å². The SMILES string of the molecule is Cc1ccc(C(=O)N(C2CCCCC2)C2CCCCC2)c(F)c1F. The summed E-state index contributed by atoms with van der Waals surface area (Å²) in [7, 11) is 0. The average Bonchev–Trinajstić information content (AvgIpc) is 2.62. The third-order valence-electron chi connectivity index (χ3n) is 5.68. The maximum Gasteiger partial charge on any atom is 0.257 e. The van der Waals surface area contributed by atoms with E-state index in [1.54, 1.807) is 0 Å². The van der Waals surface area contributed by atoms with Gasteiger partial charge in [0, 0.05) is 12.1 Å². The Morgan fingerprint density at radius 3 is 1.88 bits per heavy atom. The molecule has 4 heteroatoms. The molecule has 0 spiro atoms. The largest absolute Gasteiger partial charge is 0.333 e. The van der Waals surface area contributed by atoms with Crippen molar-refractivity contribution < 1.29 is 13.6 Å². The molecule has 0 N–H and O–H groups in total. The van der Waals surface area contributed by atoms with E-state index in [9.17, 15) is 13.6 Å². The molecule has 2 saturated carbocycles. The van der Waals surface area contributed by atoms with Crippen LogP contribution in [0.25, 0.3) is 0 Å². The van der Waals surface area contributed by atoms with Crippen molar-refractivity contribution in [2.75, 3.05) is 0 Å². The number of carbonyl (C=O) groups is 1. The van der Waals surface area contributed by atoms with E-state index >= 15 is 0 Å². The maximum atomic E-state index is 14.4. The summed E-state index contributed by atoms with van der Waals surface area (Å²) < 4.78 is 28.3. The predicted molar refractivity (Wildman–Crippen MR) is 91.0 cm³/mol. The van der Waals surface area contributed by atoms with Gasteiger partial charge in [0.2, 0.25) is 0 Å². The molecule has 3 rings (SSSR count). The second-order valence-corrected chi connectivity index (χ2v) is 7.35. The van der Waals surface area contributed by atoms with Gasteiger partial charge in [-0.25, -0.2) is 8.78 Å². The monoisotopic (exact) mass is 335 g/mol. The third kappa shape index (κ3) is 3.47. The Morgan fingerprint density at radius 2 is 1.38 bits per heavy atom. The summed E-state index contributed by atoms with van der Waals surface area (Å²) in [5.41, 5.74) is 0.139. The minimum Gasteiger partial charge on any atom is -0.333 e. The lowest BCUT2D eigenvalue weighted by Crippen LogP contribution is -2.49. The highest BCUT2D eigenvalue weighted by molar-refractivity contribution is 5.95. The van der Waals surface area contributed by atoms with Crippen LogP contribution in [0.15, 0.2) is 12.1 Å². The molecule has 2 aliphatic carbocycles. The van der Waals surface area contributed by atoms with E-state index in [1.165, 1.54) is 31.9 Å². The summed E-state index contributed by atoms with van der Waals surface area (Å²) in [4.78, 5) is 15.1. The maximum absolute atomic E-state index is 14.4. The zero-order chi connectivity index (χ0) is 17.1. The van der Waals surface area contributed by atoms with Crippen LogP contribution in [0.5, 0.6) is 0 Å². The Morgan fingerprint density at radius 1 is 0.875 bits per heavy atom. The summed E-state index contributed by atoms with van der Waals surface area (Å²) >= 11 is 0. The van der Waals surface area contributed by atoms with Crippen molar-refractivity contribution in [1.82, 2.24) is 4.90 Å². The number of hydrogen-bond donors (Lipinski definition) is 0. The Hall–Kier alpha value is -1.45. The van der Waals surface area contributed by atoms with Crippen molar-refractivity contribution in [3.63, 3.8) is 0 Å². The first-order chi connectivity index (χ1) is 11.6. The first-order valence-electron chi connectivity index (χ1n) is 9.37. The number of benzene rings is 1. The van der Waals surface area contributed by atoms with Gasteiger partial charge in [-0.1, -0.05) is 44.6 Å². The van der Waals surface area contributed by atoms with Crippen LogP contribution in [-0.4, -0.2) is 22.9 Å². The van der Waals surface area contributed by atoms with Crippen molar-refractivity contribution >= 4 is 5.91 Å². The van der Waals surface area contributed by atoms with E-state index in [1.807, 2.05) is 4.90 Å². The van der Waals surface area contributed by atoms with E-state index in [0.29, 0.717) is 0 Å². The highest BCUT2D eigenvalue weighted by Crippen LogP contribution is 2.32. The Balaban J connectivity index is 1.91. The number of hydrogen-bond acceptors (Lipinski definition) is 1. The molecule has 0 aromatic heterocycles. The molecule has 24 heavy (non-hydrogen) atoms. The molecule has 1 aromatic rings. The van der Waals surface area contributed by atoms with Gasteiger partial charge in [0.15, 0.2) is 11.6 Å². The van der Waals surface area contributed by atoms with Crippen molar-refractivity contribution in [2.24, 2.45) is 0 Å². The van der Waals surface area contributed by atoms with E-state index in [0.717, 1.165) is 51.4 Å². The van der Waals surface area contributed by atoms with Crippen LogP contribution in [0.4, 0.5) is 8.78 Å². The second kappa shape index (κ2) is 7.62. The van der Waals surface area contributed by atoms with E-state index in [2.05, 4.69) is 0 Å². The summed E-state index contributed by atoms with van der Waals surface area (Å²) in [6, 6.07) is 3.32. The number of rotatable bonds is 3. The van der Waals surface area contributed by atoms with Crippen LogP contribution >= 0.6 is 0 Å². The van der Waals surface area contributed by atoms with Gasteiger partial charge in [-0.05, 0) is 44.2 Å². The molecule has 1 aromatic carbocycles. The van der Waals surface area contributed by atoms with Crippen LogP contribution in [0.3, 0.4) is 0 Å². The van der Waals surface area contributed by atoms with Crippen molar-refractivity contribution in [3.05, 3.63) is 34.9 Å². The second-order valence-electron chi connectivity index (χ2n) is 7.35. The highest BCUT2D eigenvalue weighted by atomic mass is 19.2. The van der Waals surface area contributed by atoms with E-state index < -0.39 is 11.6 Å². The summed E-state index contributed by atoms with van der Waals surface area (Å²) in [6.45, 7) is 1.52. The fraction of sp³-hybridized carbons (Fsp3) is 0.650. The van der Waals surface area contributed by atoms with Gasteiger partial charge in [0.1, 0.15) is 0 Å². The molecule has 132 valence electrons. The molecule has 2 nitrogen and oxygen atoms in total. The molecule has 0 bridgehead atoms. The molecular weight excluding hydrogens is 308 g/mol. The lowest BCUT2D eigenvalue weighted by molar-refractivity contribution is 0.0443. The molecule has 0 saturated heterocycles. The molecule has 2 fully saturated rings. The third-order valence-corrected chi connectivity index (χ3v) is 5.68. The van der Waals surface area contributed by atoms with Crippen LogP contribution in [0, 0.1) is 18.6 Å². The first kappa shape index (κ1) is 17.4. The fourth-order valence-electron chi connectivity index (χ4n) is 4.30. The first-order valence-corrected chi connectivity index (χ1v) is 9.37. The Kier molecular flexibility index (Phi) is 5.52.